The summed E-state index contributed by atoms with van der Waals surface area (Å²) in [6, 6.07) is 2.08. The Morgan fingerprint density at radius 2 is 2.18 bits per heavy atom. The molecule has 0 radical (unpaired) electrons. The summed E-state index contributed by atoms with van der Waals surface area (Å²) in [5.74, 6) is -0.0251. The molecule has 0 spiro atoms. The standard InChI is InChI=1S/C6H9NO2S.Na/c7-4-5-1-2-6(3-5)10(8)9;/h5-6H,1-3H2,(H,8,9);/q;+1/p-1. The first-order valence-corrected chi connectivity index (χ1v) is 4.35. The number of rotatable bonds is 1. The van der Waals surface area contributed by atoms with Crippen molar-refractivity contribution in [2.75, 3.05) is 0 Å². The predicted octanol–water partition coefficient (Wildman–Crippen LogP) is -2.44. The normalized spacial score (nSPS) is 32.0. The molecule has 0 aromatic rings. The molecule has 0 bridgehead atoms. The summed E-state index contributed by atoms with van der Waals surface area (Å²) in [7, 11) is 0. The summed E-state index contributed by atoms with van der Waals surface area (Å²) in [4.78, 5) is 0. The Bertz CT molecular complexity index is 192. The zero-order valence-electron chi connectivity index (χ0n) is 6.45. The van der Waals surface area contributed by atoms with Crippen molar-refractivity contribution in [2.24, 2.45) is 5.92 Å². The van der Waals surface area contributed by atoms with Gasteiger partial charge in [0.1, 0.15) is 0 Å². The van der Waals surface area contributed by atoms with Gasteiger partial charge in [0.15, 0.2) is 0 Å². The minimum absolute atomic E-state index is 0. The van der Waals surface area contributed by atoms with Gasteiger partial charge in [0.25, 0.3) is 0 Å². The summed E-state index contributed by atoms with van der Waals surface area (Å²) in [6.45, 7) is 0. The van der Waals surface area contributed by atoms with Crippen LogP contribution in [0.4, 0.5) is 0 Å². The zero-order chi connectivity index (χ0) is 7.56. The average molecular weight is 181 g/mol. The van der Waals surface area contributed by atoms with Crippen LogP contribution in [0.2, 0.25) is 0 Å². The molecular formula is C6H8NNaO2S. The number of hydrogen-bond donors (Lipinski definition) is 0. The maximum atomic E-state index is 10.4. The van der Waals surface area contributed by atoms with Crippen LogP contribution in [0.1, 0.15) is 19.3 Å². The summed E-state index contributed by atoms with van der Waals surface area (Å²) >= 11 is -1.96. The third-order valence-electron chi connectivity index (χ3n) is 1.84. The van der Waals surface area contributed by atoms with Gasteiger partial charge in [-0.05, 0) is 19.3 Å². The van der Waals surface area contributed by atoms with Crippen LogP contribution in [0.15, 0.2) is 0 Å². The first kappa shape index (κ1) is 11.6. The Morgan fingerprint density at radius 1 is 1.55 bits per heavy atom. The molecule has 56 valence electrons. The third-order valence-corrected chi connectivity index (χ3v) is 2.81. The van der Waals surface area contributed by atoms with Gasteiger partial charge in [-0.2, -0.15) is 5.26 Å². The van der Waals surface area contributed by atoms with E-state index in [-0.39, 0.29) is 40.7 Å². The Labute approximate surface area is 90.7 Å². The van der Waals surface area contributed by atoms with Crippen molar-refractivity contribution >= 4 is 11.1 Å². The van der Waals surface area contributed by atoms with E-state index in [1.807, 2.05) is 0 Å². The summed E-state index contributed by atoms with van der Waals surface area (Å²) in [6.07, 6.45) is 1.94. The molecule has 0 saturated heterocycles. The van der Waals surface area contributed by atoms with Crippen molar-refractivity contribution in [1.29, 1.82) is 5.26 Å². The van der Waals surface area contributed by atoms with E-state index in [9.17, 15) is 8.76 Å². The van der Waals surface area contributed by atoms with Gasteiger partial charge in [-0.1, -0.05) is 11.1 Å². The first-order chi connectivity index (χ1) is 4.74. The van der Waals surface area contributed by atoms with Gasteiger partial charge < -0.3 is 4.55 Å². The second-order valence-electron chi connectivity index (χ2n) is 2.52. The van der Waals surface area contributed by atoms with Crippen LogP contribution in [-0.4, -0.2) is 14.0 Å². The molecule has 5 heteroatoms. The van der Waals surface area contributed by atoms with Crippen LogP contribution < -0.4 is 29.6 Å². The van der Waals surface area contributed by atoms with Gasteiger partial charge in [0.2, 0.25) is 0 Å². The van der Waals surface area contributed by atoms with Gasteiger partial charge in [-0.15, -0.1) is 0 Å². The second kappa shape index (κ2) is 5.28. The van der Waals surface area contributed by atoms with Crippen LogP contribution in [0.25, 0.3) is 0 Å². The second-order valence-corrected chi connectivity index (χ2v) is 3.71. The van der Waals surface area contributed by atoms with E-state index in [0.29, 0.717) is 12.8 Å². The van der Waals surface area contributed by atoms with Crippen molar-refractivity contribution in [3.05, 3.63) is 0 Å². The van der Waals surface area contributed by atoms with E-state index in [1.54, 1.807) is 0 Å². The van der Waals surface area contributed by atoms with Crippen LogP contribution in [-0.2, 0) is 11.1 Å². The molecule has 1 aliphatic carbocycles. The minimum Gasteiger partial charge on any atom is -0.772 e. The fourth-order valence-electron chi connectivity index (χ4n) is 1.23. The number of hydrogen-bond acceptors (Lipinski definition) is 3. The van der Waals surface area contributed by atoms with Crippen molar-refractivity contribution in [3.8, 4) is 6.07 Å². The molecule has 3 atom stereocenters. The van der Waals surface area contributed by atoms with Crippen molar-refractivity contribution < 1.29 is 38.3 Å². The maximum Gasteiger partial charge on any atom is 1.00 e. The van der Waals surface area contributed by atoms with Crippen LogP contribution in [0.5, 0.6) is 0 Å². The van der Waals surface area contributed by atoms with Crippen LogP contribution in [0.3, 0.4) is 0 Å². The molecule has 0 N–H and O–H groups in total. The Morgan fingerprint density at radius 3 is 2.45 bits per heavy atom. The molecular weight excluding hydrogens is 173 g/mol. The van der Waals surface area contributed by atoms with Crippen molar-refractivity contribution in [1.82, 2.24) is 0 Å². The molecule has 1 aliphatic rings. The largest absolute Gasteiger partial charge is 1.00 e. The summed E-state index contributed by atoms with van der Waals surface area (Å²) in [5, 5.41) is 8.16. The van der Waals surface area contributed by atoms with Crippen LogP contribution >= 0.6 is 0 Å². The fraction of sp³-hybridized carbons (Fsp3) is 0.833. The smallest absolute Gasteiger partial charge is 0.772 e. The van der Waals surface area contributed by atoms with Gasteiger partial charge in [-0.3, -0.25) is 4.21 Å². The molecule has 0 heterocycles. The molecule has 1 saturated carbocycles. The Balaban J connectivity index is 0.000001000. The molecule has 0 aliphatic heterocycles. The molecule has 11 heavy (non-hydrogen) atoms. The Hall–Kier alpha value is 0.600. The first-order valence-electron chi connectivity index (χ1n) is 3.21. The van der Waals surface area contributed by atoms with E-state index < -0.39 is 11.1 Å². The maximum absolute atomic E-state index is 10.4. The van der Waals surface area contributed by atoms with Gasteiger partial charge in [-0.25, -0.2) is 0 Å². The molecule has 1 fully saturated rings. The molecule has 0 aromatic heterocycles. The van der Waals surface area contributed by atoms with Gasteiger partial charge >= 0.3 is 29.6 Å². The van der Waals surface area contributed by atoms with Crippen molar-refractivity contribution in [3.63, 3.8) is 0 Å². The fourth-order valence-corrected chi connectivity index (χ4v) is 1.95. The molecule has 3 nitrogen and oxygen atoms in total. The molecule has 0 amide bonds. The zero-order valence-corrected chi connectivity index (χ0v) is 9.26. The molecule has 0 aromatic carbocycles. The topological polar surface area (TPSA) is 63.9 Å². The average Bonchev–Trinajstić information content (AvgIpc) is 2.34. The quantitative estimate of drug-likeness (QED) is 0.333. The van der Waals surface area contributed by atoms with Gasteiger partial charge in [0.05, 0.1) is 6.07 Å². The number of nitriles is 1. The van der Waals surface area contributed by atoms with E-state index in [4.69, 9.17) is 5.26 Å². The van der Waals surface area contributed by atoms with Crippen LogP contribution in [0, 0.1) is 17.2 Å². The van der Waals surface area contributed by atoms with Crippen molar-refractivity contribution in [2.45, 2.75) is 24.5 Å². The van der Waals surface area contributed by atoms with E-state index in [1.165, 1.54) is 0 Å². The van der Waals surface area contributed by atoms with E-state index in [0.717, 1.165) is 6.42 Å². The third kappa shape index (κ3) is 3.22. The monoisotopic (exact) mass is 181 g/mol. The number of nitrogens with zero attached hydrogens (tertiary/aromatic N) is 1. The molecule has 1 rings (SSSR count). The summed E-state index contributed by atoms with van der Waals surface area (Å²) < 4.78 is 20.7. The van der Waals surface area contributed by atoms with Gasteiger partial charge in [0, 0.05) is 11.2 Å². The minimum atomic E-state index is -1.96. The predicted molar refractivity (Wildman–Crippen MR) is 35.7 cm³/mol. The van der Waals surface area contributed by atoms with E-state index >= 15 is 0 Å². The Kier molecular flexibility index (Phi) is 5.57. The summed E-state index contributed by atoms with van der Waals surface area (Å²) in [5.41, 5.74) is 0. The molecule has 3 unspecified atom stereocenters. The SMILES string of the molecule is N#CC1CCC(S(=O)[O-])C1.[Na+]. The van der Waals surface area contributed by atoms with E-state index in [2.05, 4.69) is 6.07 Å².